The van der Waals surface area contributed by atoms with Crippen LogP contribution in [0.1, 0.15) is 17.3 Å². The van der Waals surface area contributed by atoms with Crippen LogP contribution in [0, 0.1) is 0 Å². The summed E-state index contributed by atoms with van der Waals surface area (Å²) < 4.78 is 32.4. The molecule has 9 heteroatoms. The molecular formula is C20H21ClN2O5S. The number of nitrogens with zero attached hydrogens (tertiary/aromatic N) is 1. The maximum Gasteiger partial charge on any atom is 0.340 e. The molecule has 1 amide bonds. The van der Waals surface area contributed by atoms with Crippen LogP contribution < -0.4 is 9.62 Å². The zero-order valence-corrected chi connectivity index (χ0v) is 17.4. The van der Waals surface area contributed by atoms with Gasteiger partial charge in [-0.25, -0.2) is 13.2 Å². The lowest BCUT2D eigenvalue weighted by molar-refractivity contribution is -0.124. The van der Waals surface area contributed by atoms with E-state index < -0.39 is 28.5 Å². The summed E-state index contributed by atoms with van der Waals surface area (Å²) in [6, 6.07) is 12.2. The molecule has 0 saturated carbocycles. The van der Waals surface area contributed by atoms with Crippen molar-refractivity contribution in [3.05, 3.63) is 71.8 Å². The highest BCUT2D eigenvalue weighted by molar-refractivity contribution is 7.92. The summed E-state index contributed by atoms with van der Waals surface area (Å²) in [6.07, 6.45) is 1.46. The fourth-order valence-corrected chi connectivity index (χ4v) is 4.12. The molecule has 0 radical (unpaired) electrons. The third-order valence-electron chi connectivity index (χ3n) is 3.79. The number of rotatable bonds is 9. The first kappa shape index (κ1) is 22.4. The summed E-state index contributed by atoms with van der Waals surface area (Å²) in [7, 11) is -4.01. The Morgan fingerprint density at radius 2 is 1.90 bits per heavy atom. The van der Waals surface area contributed by atoms with Crippen molar-refractivity contribution < 1.29 is 22.7 Å². The predicted molar refractivity (Wildman–Crippen MR) is 112 cm³/mol. The molecule has 2 aromatic rings. The van der Waals surface area contributed by atoms with Gasteiger partial charge in [-0.3, -0.25) is 9.10 Å². The largest absolute Gasteiger partial charge is 0.452 e. The highest BCUT2D eigenvalue weighted by Gasteiger charge is 2.26. The van der Waals surface area contributed by atoms with E-state index in [2.05, 4.69) is 11.9 Å². The Kier molecular flexibility index (Phi) is 7.81. The van der Waals surface area contributed by atoms with E-state index in [0.717, 1.165) is 10.4 Å². The summed E-state index contributed by atoms with van der Waals surface area (Å²) in [5, 5.41) is 2.50. The number of nitrogens with one attached hydrogen (secondary N) is 1. The summed E-state index contributed by atoms with van der Waals surface area (Å²) in [4.78, 5) is 23.6. The minimum absolute atomic E-state index is 0.0137. The lowest BCUT2D eigenvalue weighted by Crippen LogP contribution is -2.31. The van der Waals surface area contributed by atoms with Crippen LogP contribution in [0.25, 0.3) is 0 Å². The summed E-state index contributed by atoms with van der Waals surface area (Å²) >= 11 is 6.05. The fraction of sp³-hybridized carbons (Fsp3) is 0.200. The molecule has 0 bridgehead atoms. The number of hydrogen-bond donors (Lipinski definition) is 1. The predicted octanol–water partition coefficient (Wildman–Crippen LogP) is 3.01. The maximum atomic E-state index is 13.2. The zero-order valence-electron chi connectivity index (χ0n) is 15.8. The summed E-state index contributed by atoms with van der Waals surface area (Å²) in [5.41, 5.74) is 0.298. The Balaban J connectivity index is 2.36. The molecule has 0 heterocycles. The second-order valence-corrected chi connectivity index (χ2v) is 8.10. The normalized spacial score (nSPS) is 10.8. The number of esters is 1. The number of likely N-dealkylation sites (N-methyl/N-ethyl adjacent to an activating group) is 1. The van der Waals surface area contributed by atoms with Crippen molar-refractivity contribution in [3.63, 3.8) is 0 Å². The molecule has 2 aromatic carbocycles. The SMILES string of the molecule is C=CCN(c1ccccc1)S(=O)(=O)c1ccc(Cl)c(C(=O)OCC(=O)NCC)c1. The molecular weight excluding hydrogens is 416 g/mol. The first-order valence-corrected chi connectivity index (χ1v) is 10.5. The van der Waals surface area contributed by atoms with E-state index in [1.807, 2.05) is 0 Å². The quantitative estimate of drug-likeness (QED) is 0.481. The van der Waals surface area contributed by atoms with Crippen molar-refractivity contribution in [3.8, 4) is 0 Å². The highest BCUT2D eigenvalue weighted by Crippen LogP contribution is 2.27. The van der Waals surface area contributed by atoms with Gasteiger partial charge in [-0.2, -0.15) is 0 Å². The van der Waals surface area contributed by atoms with E-state index in [0.29, 0.717) is 12.2 Å². The molecule has 0 unspecified atom stereocenters. The van der Waals surface area contributed by atoms with Gasteiger partial charge in [-0.05, 0) is 37.3 Å². The number of carbonyl (C=O) groups is 2. The van der Waals surface area contributed by atoms with Gasteiger partial charge >= 0.3 is 5.97 Å². The van der Waals surface area contributed by atoms with Crippen molar-refractivity contribution in [2.24, 2.45) is 0 Å². The lowest BCUT2D eigenvalue weighted by Gasteiger charge is -2.23. The lowest BCUT2D eigenvalue weighted by atomic mass is 10.2. The average Bonchev–Trinajstić information content (AvgIpc) is 2.71. The Hall–Kier alpha value is -2.84. The number of ether oxygens (including phenoxy) is 1. The van der Waals surface area contributed by atoms with Crippen LogP contribution in [0.3, 0.4) is 0 Å². The van der Waals surface area contributed by atoms with Gasteiger partial charge in [0.1, 0.15) is 0 Å². The maximum absolute atomic E-state index is 13.2. The van der Waals surface area contributed by atoms with Crippen LogP contribution in [0.5, 0.6) is 0 Å². The molecule has 2 rings (SSSR count). The second kappa shape index (κ2) is 10.1. The molecule has 154 valence electrons. The molecule has 0 aliphatic rings. The first-order chi connectivity index (χ1) is 13.8. The van der Waals surface area contributed by atoms with E-state index in [1.54, 1.807) is 37.3 Å². The highest BCUT2D eigenvalue weighted by atomic mass is 35.5. The second-order valence-electron chi connectivity index (χ2n) is 5.83. The van der Waals surface area contributed by atoms with Crippen molar-refractivity contribution in [1.29, 1.82) is 0 Å². The molecule has 7 nitrogen and oxygen atoms in total. The topological polar surface area (TPSA) is 92.8 Å². The van der Waals surface area contributed by atoms with Crippen LogP contribution in [-0.2, 0) is 19.6 Å². The fourth-order valence-electron chi connectivity index (χ4n) is 2.46. The third kappa shape index (κ3) is 5.58. The molecule has 0 aromatic heterocycles. The van der Waals surface area contributed by atoms with E-state index in [-0.39, 0.29) is 22.0 Å². The number of anilines is 1. The van der Waals surface area contributed by atoms with Crippen LogP contribution in [0.4, 0.5) is 5.69 Å². The molecule has 1 N–H and O–H groups in total. The monoisotopic (exact) mass is 436 g/mol. The number of sulfonamides is 1. The smallest absolute Gasteiger partial charge is 0.340 e. The first-order valence-electron chi connectivity index (χ1n) is 8.73. The summed E-state index contributed by atoms with van der Waals surface area (Å²) in [5.74, 6) is -1.37. The Morgan fingerprint density at radius 1 is 1.21 bits per heavy atom. The van der Waals surface area contributed by atoms with E-state index in [9.17, 15) is 18.0 Å². The van der Waals surface area contributed by atoms with Gasteiger partial charge < -0.3 is 10.1 Å². The number of amides is 1. The van der Waals surface area contributed by atoms with E-state index in [1.165, 1.54) is 18.2 Å². The number of halogens is 1. The van der Waals surface area contributed by atoms with Gasteiger partial charge in [0.25, 0.3) is 15.9 Å². The van der Waals surface area contributed by atoms with E-state index in [4.69, 9.17) is 16.3 Å². The Morgan fingerprint density at radius 3 is 2.52 bits per heavy atom. The van der Waals surface area contributed by atoms with Crippen molar-refractivity contribution >= 4 is 39.2 Å². The van der Waals surface area contributed by atoms with Gasteiger partial charge in [-0.15, -0.1) is 6.58 Å². The Labute approximate surface area is 175 Å². The van der Waals surface area contributed by atoms with Crippen LogP contribution >= 0.6 is 11.6 Å². The molecule has 0 aliphatic carbocycles. The van der Waals surface area contributed by atoms with Gasteiger partial charge in [0.05, 0.1) is 27.7 Å². The van der Waals surface area contributed by atoms with Crippen LogP contribution in [0.2, 0.25) is 5.02 Å². The molecule has 0 fully saturated rings. The van der Waals surface area contributed by atoms with Gasteiger partial charge in [-0.1, -0.05) is 35.9 Å². The third-order valence-corrected chi connectivity index (χ3v) is 5.91. The molecule has 0 spiro atoms. The number of benzene rings is 2. The summed E-state index contributed by atoms with van der Waals surface area (Å²) in [6.45, 7) is 5.27. The standard InChI is InChI=1S/C20H21ClN2O5S/c1-3-12-23(15-8-6-5-7-9-15)29(26,27)16-10-11-18(21)17(13-16)20(25)28-14-19(24)22-4-2/h3,5-11,13H,1,4,12,14H2,2H3,(H,22,24). The number of para-hydroxylation sites is 1. The van der Waals surface area contributed by atoms with E-state index >= 15 is 0 Å². The average molecular weight is 437 g/mol. The van der Waals surface area contributed by atoms with Crippen LogP contribution in [0.15, 0.2) is 66.1 Å². The van der Waals surface area contributed by atoms with Gasteiger partial charge in [0.15, 0.2) is 6.61 Å². The molecule has 29 heavy (non-hydrogen) atoms. The Bertz CT molecular complexity index is 993. The molecule has 0 atom stereocenters. The van der Waals surface area contributed by atoms with Crippen molar-refractivity contribution in [2.75, 3.05) is 24.0 Å². The molecule has 0 aliphatic heterocycles. The van der Waals surface area contributed by atoms with Gasteiger partial charge in [0.2, 0.25) is 0 Å². The number of hydrogen-bond acceptors (Lipinski definition) is 5. The molecule has 0 saturated heterocycles. The zero-order chi connectivity index (χ0) is 21.4. The van der Waals surface area contributed by atoms with Crippen molar-refractivity contribution in [2.45, 2.75) is 11.8 Å². The van der Waals surface area contributed by atoms with Crippen LogP contribution in [-0.4, -0.2) is 40.0 Å². The number of carbonyl (C=O) groups excluding carboxylic acids is 2. The minimum atomic E-state index is -4.01. The van der Waals surface area contributed by atoms with Crippen molar-refractivity contribution in [1.82, 2.24) is 5.32 Å². The minimum Gasteiger partial charge on any atom is -0.452 e. The van der Waals surface area contributed by atoms with Gasteiger partial charge in [0, 0.05) is 6.54 Å².